The van der Waals surface area contributed by atoms with E-state index < -0.39 is 11.0 Å². The number of amides is 1. The van der Waals surface area contributed by atoms with Crippen LogP contribution in [0.25, 0.3) is 0 Å². The molecular formula is C22H27BrN2O4. The van der Waals surface area contributed by atoms with E-state index in [1.54, 1.807) is 6.07 Å². The van der Waals surface area contributed by atoms with Gasteiger partial charge in [-0.05, 0) is 62.6 Å². The Morgan fingerprint density at radius 3 is 2.90 bits per heavy atom. The second kappa shape index (κ2) is 6.11. The fraction of sp³-hybridized carbons (Fsp3) is 0.682. The predicted octanol–water partition coefficient (Wildman–Crippen LogP) is 1.84. The number of rotatable bonds is 4. The SMILES string of the molecule is O=C(CBr)N[C@@H]1CC[C@@]2(O)[C@H]3Cc4ccc(O)c5c4[C@@]2(CCN3CC2CC2)[C@H]1O5. The maximum atomic E-state index is 12.3. The number of nitrogens with one attached hydrogen (secondary N) is 1. The molecule has 1 aromatic rings. The van der Waals surface area contributed by atoms with Crippen LogP contribution in [0.3, 0.4) is 0 Å². The number of phenols is 1. The third kappa shape index (κ3) is 2.32. The Kier molecular flexibility index (Phi) is 3.89. The normalized spacial score (nSPS) is 39.6. The zero-order valence-corrected chi connectivity index (χ0v) is 18.0. The summed E-state index contributed by atoms with van der Waals surface area (Å²) < 4.78 is 6.40. The first-order valence-electron chi connectivity index (χ1n) is 10.8. The van der Waals surface area contributed by atoms with E-state index in [1.165, 1.54) is 18.4 Å². The Balaban J connectivity index is 1.49. The molecule has 6 nitrogen and oxygen atoms in total. The van der Waals surface area contributed by atoms with Gasteiger partial charge in [-0.25, -0.2) is 0 Å². The second-order valence-corrected chi connectivity index (χ2v) is 10.2. The largest absolute Gasteiger partial charge is 0.504 e. The van der Waals surface area contributed by atoms with Crippen LogP contribution in [-0.2, 0) is 16.6 Å². The van der Waals surface area contributed by atoms with Crippen LogP contribution in [0.1, 0.15) is 43.2 Å². The average Bonchev–Trinajstić information content (AvgIpc) is 3.44. The predicted molar refractivity (Wildman–Crippen MR) is 111 cm³/mol. The second-order valence-electron chi connectivity index (χ2n) is 9.64. The van der Waals surface area contributed by atoms with Crippen molar-refractivity contribution in [2.24, 2.45) is 5.92 Å². The summed E-state index contributed by atoms with van der Waals surface area (Å²) in [4.78, 5) is 14.7. The minimum atomic E-state index is -0.896. The minimum Gasteiger partial charge on any atom is -0.504 e. The summed E-state index contributed by atoms with van der Waals surface area (Å²) >= 11 is 3.24. The molecule has 156 valence electrons. The average molecular weight is 463 g/mol. The van der Waals surface area contributed by atoms with E-state index in [4.69, 9.17) is 4.74 Å². The highest BCUT2D eigenvalue weighted by atomic mass is 79.9. The molecule has 5 aliphatic rings. The van der Waals surface area contributed by atoms with Crippen LogP contribution >= 0.6 is 15.9 Å². The van der Waals surface area contributed by atoms with Gasteiger partial charge in [0.2, 0.25) is 5.91 Å². The molecule has 0 unspecified atom stereocenters. The van der Waals surface area contributed by atoms with Crippen LogP contribution in [0.5, 0.6) is 11.5 Å². The van der Waals surface area contributed by atoms with Gasteiger partial charge in [-0.15, -0.1) is 0 Å². The number of aliphatic hydroxyl groups is 1. The number of likely N-dealkylation sites (tertiary alicyclic amines) is 1. The molecule has 2 bridgehead atoms. The highest BCUT2D eigenvalue weighted by Gasteiger charge is 2.73. The Morgan fingerprint density at radius 2 is 2.14 bits per heavy atom. The molecule has 3 N–H and O–H groups in total. The molecule has 3 fully saturated rings. The van der Waals surface area contributed by atoms with Gasteiger partial charge in [-0.3, -0.25) is 9.69 Å². The monoisotopic (exact) mass is 462 g/mol. The van der Waals surface area contributed by atoms with Crippen LogP contribution in [0, 0.1) is 5.92 Å². The van der Waals surface area contributed by atoms with Gasteiger partial charge in [0.1, 0.15) is 6.10 Å². The zero-order chi connectivity index (χ0) is 20.0. The number of ether oxygens (including phenoxy) is 1. The van der Waals surface area contributed by atoms with Gasteiger partial charge in [-0.2, -0.15) is 0 Å². The van der Waals surface area contributed by atoms with Crippen molar-refractivity contribution in [2.75, 3.05) is 18.4 Å². The number of alkyl halides is 1. The molecule has 7 heteroatoms. The molecule has 1 amide bonds. The summed E-state index contributed by atoms with van der Waals surface area (Å²) in [6.07, 6.45) is 5.16. The van der Waals surface area contributed by atoms with E-state index in [0.29, 0.717) is 18.6 Å². The van der Waals surface area contributed by atoms with E-state index in [0.717, 1.165) is 37.4 Å². The lowest BCUT2D eigenvalue weighted by Gasteiger charge is -2.64. The van der Waals surface area contributed by atoms with Gasteiger partial charge in [0.25, 0.3) is 0 Å². The molecule has 1 saturated heterocycles. The molecule has 2 saturated carbocycles. The number of piperidine rings is 1. The number of halogens is 1. The Morgan fingerprint density at radius 1 is 1.31 bits per heavy atom. The summed E-state index contributed by atoms with van der Waals surface area (Å²) in [6, 6.07) is 3.63. The van der Waals surface area contributed by atoms with Crippen LogP contribution in [0.15, 0.2) is 12.1 Å². The third-order valence-electron chi connectivity index (χ3n) is 8.23. The van der Waals surface area contributed by atoms with Crippen molar-refractivity contribution in [1.82, 2.24) is 10.2 Å². The molecule has 5 atom stereocenters. The van der Waals surface area contributed by atoms with Crippen molar-refractivity contribution in [3.8, 4) is 11.5 Å². The molecule has 29 heavy (non-hydrogen) atoms. The van der Waals surface area contributed by atoms with Gasteiger partial charge in [0, 0.05) is 18.2 Å². The standard InChI is InChI=1S/C22H27BrN2O4/c23-10-17(27)24-14-5-6-22(28)16-9-13-3-4-15(26)19-18(13)21(22,20(14)29-19)7-8-25(16)11-12-1-2-12/h3-4,12,14,16,20,26,28H,1-2,5-11H2,(H,24,27)/t14-,16-,20+,21+,22-/m1/s1. The van der Waals surface area contributed by atoms with Gasteiger partial charge in [0.15, 0.2) is 11.5 Å². The van der Waals surface area contributed by atoms with Gasteiger partial charge in [-0.1, -0.05) is 22.0 Å². The Labute approximate surface area is 178 Å². The van der Waals surface area contributed by atoms with Crippen LogP contribution in [0.4, 0.5) is 0 Å². The molecule has 2 aliphatic heterocycles. The number of nitrogens with zero attached hydrogens (tertiary/aromatic N) is 1. The summed E-state index contributed by atoms with van der Waals surface area (Å²) in [5, 5.41) is 26.2. The molecule has 3 aliphatic carbocycles. The third-order valence-corrected chi connectivity index (χ3v) is 8.74. The highest BCUT2D eigenvalue weighted by Crippen LogP contribution is 2.65. The van der Waals surface area contributed by atoms with Crippen molar-refractivity contribution in [3.05, 3.63) is 23.3 Å². The van der Waals surface area contributed by atoms with E-state index >= 15 is 0 Å². The lowest BCUT2D eigenvalue weighted by atomic mass is 9.48. The van der Waals surface area contributed by atoms with Crippen molar-refractivity contribution in [3.63, 3.8) is 0 Å². The first-order valence-corrected chi connectivity index (χ1v) is 11.9. The number of phenolic OH excluding ortho intramolecular Hbond substituents is 1. The fourth-order valence-electron chi connectivity index (χ4n) is 6.87. The highest BCUT2D eigenvalue weighted by molar-refractivity contribution is 9.09. The minimum absolute atomic E-state index is 0.0683. The molecule has 0 radical (unpaired) electrons. The number of aromatic hydroxyl groups is 1. The number of carbonyl (C=O) groups is 1. The van der Waals surface area contributed by atoms with Crippen molar-refractivity contribution in [1.29, 1.82) is 0 Å². The van der Waals surface area contributed by atoms with Crippen LogP contribution in [0.2, 0.25) is 0 Å². The summed E-state index contributed by atoms with van der Waals surface area (Å²) in [5.41, 5.74) is 0.724. The van der Waals surface area contributed by atoms with Crippen LogP contribution in [-0.4, -0.2) is 63.2 Å². The smallest absolute Gasteiger partial charge is 0.230 e. The first-order chi connectivity index (χ1) is 14.0. The van der Waals surface area contributed by atoms with E-state index in [1.807, 2.05) is 6.07 Å². The van der Waals surface area contributed by atoms with E-state index in [-0.39, 0.29) is 35.2 Å². The van der Waals surface area contributed by atoms with Crippen molar-refractivity contribution in [2.45, 2.75) is 67.7 Å². The molecule has 0 aromatic heterocycles. The van der Waals surface area contributed by atoms with Crippen molar-refractivity contribution < 1.29 is 19.7 Å². The van der Waals surface area contributed by atoms with Gasteiger partial charge < -0.3 is 20.3 Å². The number of hydrogen-bond acceptors (Lipinski definition) is 5. The molecule has 1 aromatic carbocycles. The number of benzene rings is 1. The van der Waals surface area contributed by atoms with E-state index in [2.05, 4.69) is 26.1 Å². The molecule has 6 rings (SSSR count). The summed E-state index contributed by atoms with van der Waals surface area (Å²) in [6.45, 7) is 2.00. The maximum absolute atomic E-state index is 12.3. The van der Waals surface area contributed by atoms with Crippen molar-refractivity contribution >= 4 is 21.8 Å². The maximum Gasteiger partial charge on any atom is 0.230 e. The quantitative estimate of drug-likeness (QED) is 0.594. The Bertz CT molecular complexity index is 890. The summed E-state index contributed by atoms with van der Waals surface area (Å²) in [5.74, 6) is 1.37. The zero-order valence-electron chi connectivity index (χ0n) is 16.4. The van der Waals surface area contributed by atoms with Gasteiger partial charge >= 0.3 is 0 Å². The lowest BCUT2D eigenvalue weighted by Crippen LogP contribution is -2.78. The fourth-order valence-corrected chi connectivity index (χ4v) is 7.04. The number of hydrogen-bond donors (Lipinski definition) is 3. The summed E-state index contributed by atoms with van der Waals surface area (Å²) in [7, 11) is 0. The first kappa shape index (κ1) is 18.5. The van der Waals surface area contributed by atoms with E-state index in [9.17, 15) is 15.0 Å². The van der Waals surface area contributed by atoms with Gasteiger partial charge in [0.05, 0.1) is 22.4 Å². The molecule has 2 heterocycles. The Hall–Kier alpha value is -1.31. The van der Waals surface area contributed by atoms with Crippen LogP contribution < -0.4 is 10.1 Å². The molecule has 1 spiro atoms. The molecular weight excluding hydrogens is 436 g/mol. The number of carbonyl (C=O) groups excluding carboxylic acids is 1. The lowest BCUT2D eigenvalue weighted by molar-refractivity contribution is -0.192. The topological polar surface area (TPSA) is 82.0 Å².